The highest BCUT2D eigenvalue weighted by Gasteiger charge is 2.52. The molecule has 0 aromatic heterocycles. The molecule has 0 atom stereocenters. The van der Waals surface area contributed by atoms with Crippen LogP contribution in [0.2, 0.25) is 0 Å². The third kappa shape index (κ3) is 8.23. The van der Waals surface area contributed by atoms with E-state index in [1.807, 2.05) is 0 Å². The lowest BCUT2D eigenvalue weighted by molar-refractivity contribution is -0.170. The molecular weight excluding hydrogens is 615 g/mol. The molecule has 8 nitrogen and oxygen atoms in total. The highest BCUT2D eigenvalue weighted by atomic mass is 19.4. The van der Waals surface area contributed by atoms with Crippen molar-refractivity contribution in [1.29, 1.82) is 0 Å². The number of carbonyl (C=O) groups is 4. The summed E-state index contributed by atoms with van der Waals surface area (Å²) in [4.78, 5) is 52.3. The van der Waals surface area contributed by atoms with Gasteiger partial charge in [-0.25, -0.2) is 0 Å². The van der Waals surface area contributed by atoms with Gasteiger partial charge in [-0.3, -0.25) is 19.2 Å². The van der Waals surface area contributed by atoms with E-state index in [1.165, 1.54) is 18.2 Å². The number of ether oxygens (including phenoxy) is 3. The van der Waals surface area contributed by atoms with Crippen molar-refractivity contribution >= 4 is 29.5 Å². The second-order valence-corrected chi connectivity index (χ2v) is 10.3. The van der Waals surface area contributed by atoms with E-state index in [9.17, 15) is 32.3 Å². The zero-order chi connectivity index (χ0) is 34.0. The molecular formula is C36H32F3NO7. The first-order valence-corrected chi connectivity index (χ1v) is 14.7. The molecule has 0 fully saturated rings. The summed E-state index contributed by atoms with van der Waals surface area (Å²) in [7, 11) is 0. The Hall–Kier alpha value is -5.45. The van der Waals surface area contributed by atoms with Crippen molar-refractivity contribution in [3.8, 4) is 11.1 Å². The molecule has 47 heavy (non-hydrogen) atoms. The number of hydrogen-bond donors (Lipinski definition) is 1. The van der Waals surface area contributed by atoms with Crippen molar-refractivity contribution in [2.75, 3.05) is 25.1 Å². The summed E-state index contributed by atoms with van der Waals surface area (Å²) in [5, 5.41) is 2.73. The first kappa shape index (κ1) is 34.4. The van der Waals surface area contributed by atoms with Crippen molar-refractivity contribution in [2.24, 2.45) is 0 Å². The highest BCUT2D eigenvalue weighted by Crippen LogP contribution is 2.33. The third-order valence-electron chi connectivity index (χ3n) is 7.20. The van der Waals surface area contributed by atoms with Crippen LogP contribution < -0.4 is 5.32 Å². The van der Waals surface area contributed by atoms with E-state index in [1.54, 1.807) is 86.6 Å². The van der Waals surface area contributed by atoms with Gasteiger partial charge < -0.3 is 19.5 Å². The Balaban J connectivity index is 1.46. The van der Waals surface area contributed by atoms with Crippen LogP contribution >= 0.6 is 0 Å². The maximum Gasteiger partial charge on any atom is 0.416 e. The molecule has 0 saturated carbocycles. The van der Waals surface area contributed by atoms with Crippen molar-refractivity contribution in [3.05, 3.63) is 125 Å². The van der Waals surface area contributed by atoms with Gasteiger partial charge in [-0.1, -0.05) is 72.8 Å². The molecule has 11 heteroatoms. The number of nitrogens with one attached hydrogen (secondary N) is 1. The van der Waals surface area contributed by atoms with Gasteiger partial charge >= 0.3 is 24.1 Å². The van der Waals surface area contributed by atoms with Gasteiger partial charge in [0.25, 0.3) is 5.91 Å². The van der Waals surface area contributed by atoms with Gasteiger partial charge in [-0.05, 0) is 66.4 Å². The van der Waals surface area contributed by atoms with Crippen LogP contribution in [0.25, 0.3) is 11.1 Å². The van der Waals surface area contributed by atoms with Gasteiger partial charge in [-0.2, -0.15) is 13.2 Å². The molecule has 0 heterocycles. The van der Waals surface area contributed by atoms with Gasteiger partial charge in [0.1, 0.15) is 6.61 Å². The lowest BCUT2D eigenvalue weighted by atomic mass is 9.81. The number of hydrogen-bond acceptors (Lipinski definition) is 7. The first-order valence-electron chi connectivity index (χ1n) is 14.7. The van der Waals surface area contributed by atoms with Gasteiger partial charge in [-0.15, -0.1) is 0 Å². The zero-order valence-corrected chi connectivity index (χ0v) is 25.6. The van der Waals surface area contributed by atoms with E-state index in [4.69, 9.17) is 14.2 Å². The monoisotopic (exact) mass is 647 g/mol. The summed E-state index contributed by atoms with van der Waals surface area (Å²) in [6.45, 7) is 2.51. The quantitative estimate of drug-likeness (QED) is 0.103. The maximum absolute atomic E-state index is 13.3. The molecule has 0 aliphatic carbocycles. The predicted octanol–water partition coefficient (Wildman–Crippen LogP) is 6.77. The van der Waals surface area contributed by atoms with E-state index in [2.05, 4.69) is 5.32 Å². The van der Waals surface area contributed by atoms with E-state index >= 15 is 0 Å². The number of halogens is 3. The van der Waals surface area contributed by atoms with E-state index in [-0.39, 0.29) is 36.3 Å². The minimum absolute atomic E-state index is 0.0134. The van der Waals surface area contributed by atoms with Crippen LogP contribution in [0.1, 0.15) is 40.9 Å². The standard InChI is InChI=1S/C36H32F3NO7/c1-3-45-33(43)35(34(44)46-4-2,26-12-6-5-7-13-26)23-47-31(41)21-24-17-19-28(20-18-24)40-32(42)30-16-9-8-15-29(30)25-11-10-14-27(22-25)36(37,38)39/h5-20,22H,3-4,21,23H2,1-2H3,(H,40,42). The minimum atomic E-state index is -4.53. The summed E-state index contributed by atoms with van der Waals surface area (Å²) in [5.41, 5.74) is -0.986. The maximum atomic E-state index is 13.3. The fourth-order valence-corrected chi connectivity index (χ4v) is 4.86. The number of alkyl halides is 3. The van der Waals surface area contributed by atoms with Crippen LogP contribution in [0.15, 0.2) is 103 Å². The Bertz CT molecular complexity index is 1700. The van der Waals surface area contributed by atoms with Crippen molar-refractivity contribution in [1.82, 2.24) is 0 Å². The summed E-state index contributed by atoms with van der Waals surface area (Å²) < 4.78 is 55.7. The van der Waals surface area contributed by atoms with Gasteiger partial charge in [0, 0.05) is 11.3 Å². The van der Waals surface area contributed by atoms with Gasteiger partial charge in [0.15, 0.2) is 0 Å². The van der Waals surface area contributed by atoms with Crippen molar-refractivity contribution in [2.45, 2.75) is 31.9 Å². The molecule has 4 aromatic carbocycles. The lowest BCUT2D eigenvalue weighted by Gasteiger charge is -2.29. The molecule has 1 N–H and O–H groups in total. The fourth-order valence-electron chi connectivity index (χ4n) is 4.86. The summed E-state index contributed by atoms with van der Waals surface area (Å²) in [6.07, 6.45) is -4.75. The Morgan fingerprint density at radius 3 is 1.89 bits per heavy atom. The second kappa shape index (κ2) is 15.2. The van der Waals surface area contributed by atoms with Crippen LogP contribution in [0.5, 0.6) is 0 Å². The van der Waals surface area contributed by atoms with Crippen LogP contribution in [0.4, 0.5) is 18.9 Å². The molecule has 4 rings (SSSR count). The smallest absolute Gasteiger partial charge is 0.416 e. The number of benzene rings is 4. The Morgan fingerprint density at radius 1 is 0.681 bits per heavy atom. The van der Waals surface area contributed by atoms with E-state index in [0.717, 1.165) is 12.1 Å². The molecule has 0 aliphatic rings. The predicted molar refractivity (Wildman–Crippen MR) is 167 cm³/mol. The topological polar surface area (TPSA) is 108 Å². The molecule has 4 aromatic rings. The van der Waals surface area contributed by atoms with Gasteiger partial charge in [0.05, 0.1) is 25.2 Å². The second-order valence-electron chi connectivity index (χ2n) is 10.3. The summed E-state index contributed by atoms with van der Waals surface area (Å²) >= 11 is 0. The minimum Gasteiger partial charge on any atom is -0.465 e. The zero-order valence-electron chi connectivity index (χ0n) is 25.6. The molecule has 1 amide bonds. The highest BCUT2D eigenvalue weighted by molar-refractivity contribution is 6.09. The van der Waals surface area contributed by atoms with Crippen LogP contribution in [-0.4, -0.2) is 43.6 Å². The molecule has 0 bridgehead atoms. The third-order valence-corrected chi connectivity index (χ3v) is 7.20. The summed E-state index contributed by atoms with van der Waals surface area (Å²) in [6, 6.07) is 25.4. The van der Waals surface area contributed by atoms with Crippen molar-refractivity contribution < 1.29 is 46.6 Å². The molecule has 0 spiro atoms. The normalized spacial score (nSPS) is 11.3. The molecule has 0 unspecified atom stereocenters. The number of esters is 3. The van der Waals surface area contributed by atoms with Gasteiger partial charge in [0.2, 0.25) is 5.41 Å². The van der Waals surface area contributed by atoms with E-state index in [0.29, 0.717) is 16.8 Å². The molecule has 0 aliphatic heterocycles. The first-order chi connectivity index (χ1) is 22.5. The average molecular weight is 648 g/mol. The number of amides is 1. The Morgan fingerprint density at radius 2 is 1.28 bits per heavy atom. The van der Waals surface area contributed by atoms with Crippen LogP contribution in [-0.2, 0) is 46.6 Å². The number of carbonyl (C=O) groups excluding carboxylic acids is 4. The Labute approximate surface area is 269 Å². The van der Waals surface area contributed by atoms with Crippen molar-refractivity contribution in [3.63, 3.8) is 0 Å². The van der Waals surface area contributed by atoms with E-state index < -0.39 is 47.6 Å². The van der Waals surface area contributed by atoms with Crippen LogP contribution in [0.3, 0.4) is 0 Å². The number of rotatable bonds is 12. The Kier molecular flexibility index (Phi) is 11.1. The molecule has 0 radical (unpaired) electrons. The lowest BCUT2D eigenvalue weighted by Crippen LogP contribution is -2.50. The largest absolute Gasteiger partial charge is 0.465 e. The SMILES string of the molecule is CCOC(=O)C(COC(=O)Cc1ccc(NC(=O)c2ccccc2-c2cccc(C(F)(F)F)c2)cc1)(C(=O)OCC)c1ccccc1. The van der Waals surface area contributed by atoms with Crippen LogP contribution in [0, 0.1) is 0 Å². The number of anilines is 1. The summed E-state index contributed by atoms with van der Waals surface area (Å²) in [5.74, 6) is -3.09. The average Bonchev–Trinajstić information content (AvgIpc) is 3.06. The molecule has 0 saturated heterocycles. The fraction of sp³-hybridized carbons (Fsp3) is 0.222. The molecule has 244 valence electrons.